The normalized spacial score (nSPS) is 23.7. The highest BCUT2D eigenvalue weighted by atomic mass is 32.2. The molecule has 1 saturated heterocycles. The molecule has 6 nitrogen and oxygen atoms in total. The number of amides is 1. The Morgan fingerprint density at radius 3 is 2.73 bits per heavy atom. The first-order valence-electron chi connectivity index (χ1n) is 8.77. The molecule has 2 aliphatic heterocycles. The highest BCUT2D eigenvalue weighted by Gasteiger charge is 2.32. The number of nitrogens with zero attached hydrogens (tertiary/aromatic N) is 2. The predicted octanol–water partition coefficient (Wildman–Crippen LogP) is 2.27. The van der Waals surface area contributed by atoms with Crippen LogP contribution in [0.25, 0.3) is 0 Å². The Hall–Kier alpha value is -2.41. The summed E-state index contributed by atoms with van der Waals surface area (Å²) in [6.45, 7) is 2.04. The van der Waals surface area contributed by atoms with E-state index < -0.39 is 9.84 Å². The topological polar surface area (TPSA) is 79.4 Å². The van der Waals surface area contributed by atoms with E-state index in [1.165, 1.54) is 5.56 Å². The number of pyridine rings is 1. The zero-order valence-corrected chi connectivity index (χ0v) is 15.4. The predicted molar refractivity (Wildman–Crippen MR) is 101 cm³/mol. The molecule has 136 valence electrons. The number of aromatic nitrogens is 1. The minimum atomic E-state index is -2.93. The summed E-state index contributed by atoms with van der Waals surface area (Å²) in [6, 6.07) is 11.4. The molecule has 3 heterocycles. The lowest BCUT2D eigenvalue weighted by atomic mass is 10.1. The molecular formula is C19H21N3O3S. The van der Waals surface area contributed by atoms with Gasteiger partial charge in [0.2, 0.25) is 0 Å². The molecule has 4 rings (SSSR count). The molecular weight excluding hydrogens is 350 g/mol. The maximum atomic E-state index is 12.9. The molecule has 2 aromatic rings. The van der Waals surface area contributed by atoms with E-state index in [4.69, 9.17) is 0 Å². The lowest BCUT2D eigenvalue weighted by Gasteiger charge is -2.22. The standard InChI is InChI=1S/C19H21N3O3S/c1-13-10-14-4-2-3-5-18(14)22(13)19(23)17-7-6-15(11-20-17)21-16-8-9-26(24,25)12-16/h2-7,11,13,16,21H,8-10,12H2,1H3. The largest absolute Gasteiger partial charge is 0.380 e. The third-order valence-corrected chi connectivity index (χ3v) is 6.78. The molecule has 2 atom stereocenters. The van der Waals surface area contributed by atoms with Crippen LogP contribution in [0, 0.1) is 0 Å². The first kappa shape index (κ1) is 17.0. The van der Waals surface area contributed by atoms with Crippen LogP contribution in [-0.4, -0.2) is 42.9 Å². The van der Waals surface area contributed by atoms with E-state index in [-0.39, 0.29) is 29.5 Å². The second kappa shape index (κ2) is 6.39. The van der Waals surface area contributed by atoms with Crippen LogP contribution in [0.1, 0.15) is 29.4 Å². The van der Waals surface area contributed by atoms with Crippen molar-refractivity contribution in [1.29, 1.82) is 0 Å². The van der Waals surface area contributed by atoms with Gasteiger partial charge in [0.25, 0.3) is 5.91 Å². The van der Waals surface area contributed by atoms with Crippen LogP contribution in [-0.2, 0) is 16.3 Å². The molecule has 0 aliphatic carbocycles. The minimum Gasteiger partial charge on any atom is -0.380 e. The number of rotatable bonds is 3. The van der Waals surface area contributed by atoms with Crippen LogP contribution in [0.15, 0.2) is 42.6 Å². The fourth-order valence-electron chi connectivity index (χ4n) is 3.75. The maximum Gasteiger partial charge on any atom is 0.277 e. The van der Waals surface area contributed by atoms with Crippen molar-refractivity contribution in [3.8, 4) is 0 Å². The highest BCUT2D eigenvalue weighted by molar-refractivity contribution is 7.91. The zero-order valence-electron chi connectivity index (χ0n) is 14.6. The maximum absolute atomic E-state index is 12.9. The second-order valence-electron chi connectivity index (χ2n) is 7.03. The Balaban J connectivity index is 1.50. The smallest absolute Gasteiger partial charge is 0.277 e. The Morgan fingerprint density at radius 2 is 2.04 bits per heavy atom. The van der Waals surface area contributed by atoms with Crippen LogP contribution >= 0.6 is 0 Å². The number of para-hydroxylation sites is 1. The first-order valence-corrected chi connectivity index (χ1v) is 10.6. The second-order valence-corrected chi connectivity index (χ2v) is 9.26. The summed E-state index contributed by atoms with van der Waals surface area (Å²) < 4.78 is 23.1. The van der Waals surface area contributed by atoms with Crippen molar-refractivity contribution >= 4 is 27.1 Å². The Morgan fingerprint density at radius 1 is 1.23 bits per heavy atom. The molecule has 0 radical (unpaired) electrons. The number of carbonyl (C=O) groups is 1. The Labute approximate surface area is 153 Å². The van der Waals surface area contributed by atoms with E-state index >= 15 is 0 Å². The van der Waals surface area contributed by atoms with Crippen LogP contribution < -0.4 is 10.2 Å². The van der Waals surface area contributed by atoms with E-state index in [0.29, 0.717) is 12.1 Å². The van der Waals surface area contributed by atoms with E-state index in [1.807, 2.05) is 25.1 Å². The van der Waals surface area contributed by atoms with E-state index in [0.717, 1.165) is 17.8 Å². The molecule has 1 amide bonds. The Kier molecular flexibility index (Phi) is 4.19. The van der Waals surface area contributed by atoms with Gasteiger partial charge in [-0.3, -0.25) is 4.79 Å². The highest BCUT2D eigenvalue weighted by Crippen LogP contribution is 2.32. The van der Waals surface area contributed by atoms with Gasteiger partial charge in [-0.05, 0) is 43.5 Å². The summed E-state index contributed by atoms with van der Waals surface area (Å²) in [5.41, 5.74) is 3.25. The molecule has 0 bridgehead atoms. The number of benzene rings is 1. The SMILES string of the molecule is CC1Cc2ccccc2N1C(=O)c1ccc(NC2CCS(=O)(=O)C2)cn1. The molecule has 1 N–H and O–H groups in total. The van der Waals surface area contributed by atoms with Crippen molar-refractivity contribution < 1.29 is 13.2 Å². The van der Waals surface area contributed by atoms with Crippen molar-refractivity contribution in [2.75, 3.05) is 21.7 Å². The third kappa shape index (κ3) is 3.19. The van der Waals surface area contributed by atoms with Crippen molar-refractivity contribution in [1.82, 2.24) is 4.98 Å². The molecule has 1 aromatic carbocycles. The summed E-state index contributed by atoms with van der Waals surface area (Å²) in [4.78, 5) is 19.0. The van der Waals surface area contributed by atoms with Crippen LogP contribution in [0.3, 0.4) is 0 Å². The zero-order chi connectivity index (χ0) is 18.3. The minimum absolute atomic E-state index is 0.0890. The molecule has 2 aliphatic rings. The number of fused-ring (bicyclic) bond motifs is 1. The van der Waals surface area contributed by atoms with Crippen LogP contribution in [0.4, 0.5) is 11.4 Å². The van der Waals surface area contributed by atoms with Gasteiger partial charge in [0, 0.05) is 17.8 Å². The molecule has 1 aromatic heterocycles. The third-order valence-electron chi connectivity index (χ3n) is 5.01. The number of nitrogens with one attached hydrogen (secondary N) is 1. The number of hydrogen-bond acceptors (Lipinski definition) is 5. The average molecular weight is 371 g/mol. The average Bonchev–Trinajstić information content (AvgIpc) is 3.13. The number of hydrogen-bond donors (Lipinski definition) is 1. The quantitative estimate of drug-likeness (QED) is 0.895. The van der Waals surface area contributed by atoms with Crippen molar-refractivity contribution in [3.05, 3.63) is 53.9 Å². The number of carbonyl (C=O) groups excluding carboxylic acids is 1. The van der Waals surface area contributed by atoms with E-state index in [2.05, 4.69) is 16.4 Å². The Bertz CT molecular complexity index is 941. The van der Waals surface area contributed by atoms with E-state index in [9.17, 15) is 13.2 Å². The van der Waals surface area contributed by atoms with Gasteiger partial charge >= 0.3 is 0 Å². The summed E-state index contributed by atoms with van der Waals surface area (Å²) in [5, 5.41) is 3.19. The fourth-order valence-corrected chi connectivity index (χ4v) is 5.42. The van der Waals surface area contributed by atoms with Gasteiger partial charge in [0.15, 0.2) is 9.84 Å². The number of anilines is 2. The summed E-state index contributed by atoms with van der Waals surface area (Å²) >= 11 is 0. The number of sulfone groups is 1. The molecule has 26 heavy (non-hydrogen) atoms. The van der Waals surface area contributed by atoms with Gasteiger partial charge in [-0.2, -0.15) is 0 Å². The lowest BCUT2D eigenvalue weighted by Crippen LogP contribution is -2.36. The molecule has 1 fully saturated rings. The van der Waals surface area contributed by atoms with Crippen molar-refractivity contribution in [2.45, 2.75) is 31.8 Å². The molecule has 2 unspecified atom stereocenters. The first-order chi connectivity index (χ1) is 12.4. The van der Waals surface area contributed by atoms with Crippen molar-refractivity contribution in [3.63, 3.8) is 0 Å². The van der Waals surface area contributed by atoms with Gasteiger partial charge in [-0.25, -0.2) is 13.4 Å². The molecule has 0 saturated carbocycles. The van der Waals surface area contributed by atoms with E-state index in [1.54, 1.807) is 23.2 Å². The van der Waals surface area contributed by atoms with Crippen LogP contribution in [0.2, 0.25) is 0 Å². The summed E-state index contributed by atoms with van der Waals surface area (Å²) in [7, 11) is -2.93. The van der Waals surface area contributed by atoms with Crippen molar-refractivity contribution in [2.24, 2.45) is 0 Å². The summed E-state index contributed by atoms with van der Waals surface area (Å²) in [5.74, 6) is 0.258. The molecule has 7 heteroatoms. The van der Waals surface area contributed by atoms with Gasteiger partial charge < -0.3 is 10.2 Å². The van der Waals surface area contributed by atoms with Gasteiger partial charge in [0.1, 0.15) is 5.69 Å². The van der Waals surface area contributed by atoms with Crippen LogP contribution in [0.5, 0.6) is 0 Å². The monoisotopic (exact) mass is 371 g/mol. The lowest BCUT2D eigenvalue weighted by molar-refractivity contribution is 0.0976. The molecule has 0 spiro atoms. The van der Waals surface area contributed by atoms with Gasteiger partial charge in [-0.1, -0.05) is 18.2 Å². The fraction of sp³-hybridized carbons (Fsp3) is 0.368. The summed E-state index contributed by atoms with van der Waals surface area (Å²) in [6.07, 6.45) is 3.05. The van der Waals surface area contributed by atoms with Gasteiger partial charge in [0.05, 0.1) is 23.4 Å². The van der Waals surface area contributed by atoms with Gasteiger partial charge in [-0.15, -0.1) is 0 Å².